The van der Waals surface area contributed by atoms with Crippen LogP contribution in [0.4, 0.5) is 0 Å². The minimum Gasteiger partial charge on any atom is -0.497 e. The molecule has 0 fully saturated rings. The van der Waals surface area contributed by atoms with E-state index in [0.29, 0.717) is 0 Å². The molecule has 3 heteroatoms. The third kappa shape index (κ3) is 2.80. The van der Waals surface area contributed by atoms with Gasteiger partial charge in [-0.25, -0.2) is 0 Å². The molecule has 0 amide bonds. The van der Waals surface area contributed by atoms with Gasteiger partial charge in [0.25, 0.3) is 0 Å². The summed E-state index contributed by atoms with van der Waals surface area (Å²) in [6, 6.07) is 6.19. The molecule has 0 saturated carbocycles. The molecule has 1 heterocycles. The van der Waals surface area contributed by atoms with Crippen molar-refractivity contribution in [2.75, 3.05) is 20.2 Å². The van der Waals surface area contributed by atoms with E-state index in [4.69, 9.17) is 4.74 Å². The lowest BCUT2D eigenvalue weighted by Crippen LogP contribution is -2.14. The molecule has 0 aliphatic rings. The molecule has 0 aliphatic heterocycles. The Balaban J connectivity index is 2.08. The van der Waals surface area contributed by atoms with Gasteiger partial charge in [0.15, 0.2) is 0 Å². The van der Waals surface area contributed by atoms with Gasteiger partial charge in [-0.15, -0.1) is 0 Å². The molecule has 0 radical (unpaired) electrons. The summed E-state index contributed by atoms with van der Waals surface area (Å²) in [6.45, 7) is 4.27. The molecule has 0 bridgehead atoms. The van der Waals surface area contributed by atoms with E-state index in [2.05, 4.69) is 29.5 Å². The first-order chi connectivity index (χ1) is 8.35. The van der Waals surface area contributed by atoms with E-state index in [9.17, 15) is 0 Å². The number of ether oxygens (including phenoxy) is 1. The fourth-order valence-electron chi connectivity index (χ4n) is 2.08. The molecular formula is C14H20N2O. The minimum absolute atomic E-state index is 0.901. The Morgan fingerprint density at radius 2 is 2.24 bits per heavy atom. The van der Waals surface area contributed by atoms with E-state index >= 15 is 0 Å². The summed E-state index contributed by atoms with van der Waals surface area (Å²) in [7, 11) is 1.70. The summed E-state index contributed by atoms with van der Waals surface area (Å²) in [4.78, 5) is 3.30. The SMILES string of the molecule is CCNCCCc1c[nH]c2cc(OC)ccc12. The first kappa shape index (κ1) is 12.0. The molecule has 1 aromatic carbocycles. The van der Waals surface area contributed by atoms with Crippen LogP contribution in [0.5, 0.6) is 5.75 Å². The fourth-order valence-corrected chi connectivity index (χ4v) is 2.08. The van der Waals surface area contributed by atoms with Gasteiger partial charge in [0.1, 0.15) is 5.75 Å². The topological polar surface area (TPSA) is 37.0 Å². The van der Waals surface area contributed by atoms with Crippen LogP contribution in [-0.2, 0) is 6.42 Å². The zero-order valence-corrected chi connectivity index (χ0v) is 10.5. The van der Waals surface area contributed by atoms with Crippen LogP contribution in [0.2, 0.25) is 0 Å². The number of aromatic nitrogens is 1. The van der Waals surface area contributed by atoms with Crippen molar-refractivity contribution in [2.24, 2.45) is 0 Å². The second-order valence-electron chi connectivity index (χ2n) is 4.18. The normalized spacial score (nSPS) is 10.9. The lowest BCUT2D eigenvalue weighted by atomic mass is 10.1. The van der Waals surface area contributed by atoms with Crippen molar-refractivity contribution in [1.29, 1.82) is 0 Å². The standard InChI is InChI=1S/C14H20N2O/c1-3-15-8-4-5-11-10-16-14-9-12(17-2)6-7-13(11)14/h6-7,9-10,15-16H,3-5,8H2,1-2H3. The van der Waals surface area contributed by atoms with Crippen molar-refractivity contribution in [3.8, 4) is 5.75 Å². The molecule has 2 N–H and O–H groups in total. The summed E-state index contributed by atoms with van der Waals surface area (Å²) >= 11 is 0. The summed E-state index contributed by atoms with van der Waals surface area (Å²) < 4.78 is 5.21. The van der Waals surface area contributed by atoms with Crippen LogP contribution in [0.1, 0.15) is 18.9 Å². The van der Waals surface area contributed by atoms with Crippen LogP contribution in [0.15, 0.2) is 24.4 Å². The zero-order valence-electron chi connectivity index (χ0n) is 10.5. The number of aryl methyl sites for hydroxylation is 1. The van der Waals surface area contributed by atoms with Gasteiger partial charge in [0.05, 0.1) is 7.11 Å². The van der Waals surface area contributed by atoms with Gasteiger partial charge in [-0.05, 0) is 43.6 Å². The van der Waals surface area contributed by atoms with Gasteiger partial charge in [0, 0.05) is 23.2 Å². The van der Waals surface area contributed by atoms with Crippen LogP contribution in [-0.4, -0.2) is 25.2 Å². The molecule has 92 valence electrons. The first-order valence-corrected chi connectivity index (χ1v) is 6.20. The van der Waals surface area contributed by atoms with E-state index in [0.717, 1.165) is 30.8 Å². The molecule has 3 nitrogen and oxygen atoms in total. The second-order valence-corrected chi connectivity index (χ2v) is 4.18. The second kappa shape index (κ2) is 5.73. The highest BCUT2D eigenvalue weighted by Crippen LogP contribution is 2.23. The van der Waals surface area contributed by atoms with E-state index in [1.165, 1.54) is 17.4 Å². The van der Waals surface area contributed by atoms with Gasteiger partial charge in [0.2, 0.25) is 0 Å². The highest BCUT2D eigenvalue weighted by Gasteiger charge is 2.04. The predicted molar refractivity (Wildman–Crippen MR) is 71.7 cm³/mol. The molecule has 0 unspecified atom stereocenters. The molecule has 0 atom stereocenters. The van der Waals surface area contributed by atoms with E-state index in [1.807, 2.05) is 12.1 Å². The highest BCUT2D eigenvalue weighted by molar-refractivity contribution is 5.84. The average Bonchev–Trinajstić information content (AvgIpc) is 2.77. The number of benzene rings is 1. The largest absolute Gasteiger partial charge is 0.497 e. The minimum atomic E-state index is 0.901. The van der Waals surface area contributed by atoms with Crippen molar-refractivity contribution in [1.82, 2.24) is 10.3 Å². The van der Waals surface area contributed by atoms with Crippen LogP contribution in [0, 0.1) is 0 Å². The zero-order chi connectivity index (χ0) is 12.1. The van der Waals surface area contributed by atoms with E-state index in [-0.39, 0.29) is 0 Å². The van der Waals surface area contributed by atoms with Crippen LogP contribution < -0.4 is 10.1 Å². The summed E-state index contributed by atoms with van der Waals surface area (Å²) in [5.41, 5.74) is 2.54. The van der Waals surface area contributed by atoms with Gasteiger partial charge in [-0.2, -0.15) is 0 Å². The maximum Gasteiger partial charge on any atom is 0.120 e. The Bertz CT molecular complexity index is 476. The maximum absolute atomic E-state index is 5.21. The van der Waals surface area contributed by atoms with Gasteiger partial charge < -0.3 is 15.0 Å². The molecule has 2 aromatic rings. The maximum atomic E-state index is 5.21. The molecule has 0 aliphatic carbocycles. The van der Waals surface area contributed by atoms with E-state index in [1.54, 1.807) is 7.11 Å². The van der Waals surface area contributed by atoms with Crippen molar-refractivity contribution in [3.63, 3.8) is 0 Å². The number of H-pyrrole nitrogens is 1. The molecular weight excluding hydrogens is 212 g/mol. The molecule has 0 saturated heterocycles. The number of fused-ring (bicyclic) bond motifs is 1. The van der Waals surface area contributed by atoms with Gasteiger partial charge in [-0.1, -0.05) is 6.92 Å². The van der Waals surface area contributed by atoms with Crippen LogP contribution in [0.3, 0.4) is 0 Å². The summed E-state index contributed by atoms with van der Waals surface area (Å²) in [5, 5.41) is 4.65. The number of nitrogens with one attached hydrogen (secondary N) is 2. The van der Waals surface area contributed by atoms with Crippen LogP contribution in [0.25, 0.3) is 10.9 Å². The lowest BCUT2D eigenvalue weighted by molar-refractivity contribution is 0.415. The number of rotatable bonds is 6. The number of hydrogen-bond donors (Lipinski definition) is 2. The molecule has 1 aromatic heterocycles. The Kier molecular flexibility index (Phi) is 4.04. The fraction of sp³-hybridized carbons (Fsp3) is 0.429. The average molecular weight is 232 g/mol. The van der Waals surface area contributed by atoms with Crippen molar-refractivity contribution >= 4 is 10.9 Å². The molecule has 0 spiro atoms. The Labute approximate surface area is 102 Å². The first-order valence-electron chi connectivity index (χ1n) is 6.20. The van der Waals surface area contributed by atoms with E-state index < -0.39 is 0 Å². The third-order valence-electron chi connectivity index (χ3n) is 3.02. The Morgan fingerprint density at radius 1 is 1.35 bits per heavy atom. The highest BCUT2D eigenvalue weighted by atomic mass is 16.5. The lowest BCUT2D eigenvalue weighted by Gasteiger charge is -2.02. The van der Waals surface area contributed by atoms with Crippen molar-refractivity contribution in [3.05, 3.63) is 30.0 Å². The Morgan fingerprint density at radius 3 is 3.00 bits per heavy atom. The quantitative estimate of drug-likeness (QED) is 0.751. The number of hydrogen-bond acceptors (Lipinski definition) is 2. The van der Waals surface area contributed by atoms with Crippen molar-refractivity contribution < 1.29 is 4.74 Å². The van der Waals surface area contributed by atoms with Gasteiger partial charge in [-0.3, -0.25) is 0 Å². The molecule has 2 rings (SSSR count). The summed E-state index contributed by atoms with van der Waals surface area (Å²) in [5.74, 6) is 0.901. The number of methoxy groups -OCH3 is 1. The summed E-state index contributed by atoms with van der Waals surface area (Å²) in [6.07, 6.45) is 4.39. The predicted octanol–water partition coefficient (Wildman–Crippen LogP) is 2.72. The smallest absolute Gasteiger partial charge is 0.120 e. The van der Waals surface area contributed by atoms with Gasteiger partial charge >= 0.3 is 0 Å². The monoisotopic (exact) mass is 232 g/mol. The Hall–Kier alpha value is -1.48. The number of aromatic amines is 1. The molecule has 17 heavy (non-hydrogen) atoms. The van der Waals surface area contributed by atoms with Crippen LogP contribution >= 0.6 is 0 Å². The third-order valence-corrected chi connectivity index (χ3v) is 3.02. The van der Waals surface area contributed by atoms with Crippen molar-refractivity contribution in [2.45, 2.75) is 19.8 Å².